The second-order valence-corrected chi connectivity index (χ2v) is 5.15. The first-order chi connectivity index (χ1) is 9.63. The lowest BCUT2D eigenvalue weighted by Gasteiger charge is -2.05. The molecule has 2 aromatic carbocycles. The topological polar surface area (TPSA) is 34.4 Å². The minimum absolute atomic E-state index is 0.201. The Kier molecular flexibility index (Phi) is 3.28. The van der Waals surface area contributed by atoms with Crippen LogP contribution in [0.1, 0.15) is 5.56 Å². The predicted molar refractivity (Wildman–Crippen MR) is 80.4 cm³/mol. The molecule has 0 atom stereocenters. The first kappa shape index (κ1) is 12.9. The number of nitrogens with zero attached hydrogens (tertiary/aromatic N) is 1. The van der Waals surface area contributed by atoms with Crippen molar-refractivity contribution in [3.8, 4) is 11.5 Å². The summed E-state index contributed by atoms with van der Waals surface area (Å²) in [5.74, 6) is 0.850. The van der Waals surface area contributed by atoms with Gasteiger partial charge in [0, 0.05) is 40.8 Å². The molecule has 0 spiro atoms. The van der Waals surface area contributed by atoms with Gasteiger partial charge in [-0.15, -0.1) is 0 Å². The van der Waals surface area contributed by atoms with E-state index in [1.165, 1.54) is 0 Å². The largest absolute Gasteiger partial charge is 0.508 e. The molecule has 0 fully saturated rings. The lowest BCUT2D eigenvalue weighted by molar-refractivity contribution is 0.305. The van der Waals surface area contributed by atoms with Gasteiger partial charge in [0.25, 0.3) is 0 Å². The number of hydrogen-bond donors (Lipinski definition) is 1. The fraction of sp³-hybridized carbons (Fsp3) is 0.125. The number of hydrogen-bond acceptors (Lipinski definition) is 2. The molecule has 0 amide bonds. The van der Waals surface area contributed by atoms with Crippen molar-refractivity contribution in [3.05, 3.63) is 59.2 Å². The van der Waals surface area contributed by atoms with Crippen LogP contribution in [0.4, 0.5) is 0 Å². The van der Waals surface area contributed by atoms with Gasteiger partial charge in [0.15, 0.2) is 0 Å². The zero-order chi connectivity index (χ0) is 14.1. The zero-order valence-electron chi connectivity index (χ0n) is 11.0. The molecule has 0 aliphatic heterocycles. The molecule has 0 saturated heterocycles. The van der Waals surface area contributed by atoms with Crippen molar-refractivity contribution >= 4 is 22.5 Å². The number of benzene rings is 2. The van der Waals surface area contributed by atoms with Crippen LogP contribution in [0.15, 0.2) is 48.7 Å². The second-order valence-electron chi connectivity index (χ2n) is 4.71. The van der Waals surface area contributed by atoms with E-state index in [9.17, 15) is 5.11 Å². The normalized spacial score (nSPS) is 10.9. The highest BCUT2D eigenvalue weighted by Gasteiger charge is 2.08. The van der Waals surface area contributed by atoms with Gasteiger partial charge in [-0.3, -0.25) is 0 Å². The summed E-state index contributed by atoms with van der Waals surface area (Å²) in [5.41, 5.74) is 2.16. The SMILES string of the molecule is Cn1cc(COc2cccc(O)c2)c2ccc(Cl)cc21. The number of aromatic hydroxyl groups is 1. The van der Waals surface area contributed by atoms with Crippen molar-refractivity contribution in [1.29, 1.82) is 0 Å². The number of aryl methyl sites for hydroxylation is 1. The van der Waals surface area contributed by atoms with Crippen LogP contribution in [0.5, 0.6) is 11.5 Å². The molecule has 1 aromatic heterocycles. The van der Waals surface area contributed by atoms with Crippen molar-refractivity contribution in [2.75, 3.05) is 0 Å². The smallest absolute Gasteiger partial charge is 0.123 e. The van der Waals surface area contributed by atoms with Gasteiger partial charge >= 0.3 is 0 Å². The van der Waals surface area contributed by atoms with E-state index in [0.717, 1.165) is 21.5 Å². The van der Waals surface area contributed by atoms with E-state index in [1.54, 1.807) is 18.2 Å². The monoisotopic (exact) mass is 287 g/mol. The molecule has 4 heteroatoms. The number of halogens is 1. The maximum absolute atomic E-state index is 9.42. The number of phenols is 1. The first-order valence-corrected chi connectivity index (χ1v) is 6.66. The van der Waals surface area contributed by atoms with E-state index in [4.69, 9.17) is 16.3 Å². The van der Waals surface area contributed by atoms with Crippen LogP contribution in [0, 0.1) is 0 Å². The molecule has 3 aromatic rings. The molecule has 0 unspecified atom stereocenters. The summed E-state index contributed by atoms with van der Waals surface area (Å²) < 4.78 is 7.75. The third-order valence-electron chi connectivity index (χ3n) is 3.25. The van der Waals surface area contributed by atoms with E-state index < -0.39 is 0 Å². The molecule has 0 saturated carbocycles. The summed E-state index contributed by atoms with van der Waals surface area (Å²) in [6.07, 6.45) is 2.03. The van der Waals surface area contributed by atoms with Crippen molar-refractivity contribution in [1.82, 2.24) is 4.57 Å². The van der Waals surface area contributed by atoms with Crippen LogP contribution in [0.3, 0.4) is 0 Å². The van der Waals surface area contributed by atoms with E-state index in [1.807, 2.05) is 42.1 Å². The van der Waals surface area contributed by atoms with Gasteiger partial charge in [-0.1, -0.05) is 23.7 Å². The summed E-state index contributed by atoms with van der Waals surface area (Å²) in [6, 6.07) is 12.6. The van der Waals surface area contributed by atoms with Gasteiger partial charge in [0.1, 0.15) is 18.1 Å². The number of aromatic nitrogens is 1. The molecular formula is C16H14ClNO2. The van der Waals surface area contributed by atoms with Gasteiger partial charge in [0.2, 0.25) is 0 Å². The van der Waals surface area contributed by atoms with Crippen LogP contribution in [-0.2, 0) is 13.7 Å². The van der Waals surface area contributed by atoms with Crippen LogP contribution in [-0.4, -0.2) is 9.67 Å². The van der Waals surface area contributed by atoms with Crippen molar-refractivity contribution in [3.63, 3.8) is 0 Å². The van der Waals surface area contributed by atoms with E-state index in [2.05, 4.69) is 0 Å². The molecule has 102 valence electrons. The van der Waals surface area contributed by atoms with Crippen molar-refractivity contribution in [2.24, 2.45) is 7.05 Å². The Labute approximate surface area is 122 Å². The number of phenolic OH excluding ortho intramolecular Hbond substituents is 1. The molecule has 1 N–H and O–H groups in total. The van der Waals surface area contributed by atoms with E-state index >= 15 is 0 Å². The van der Waals surface area contributed by atoms with Crippen molar-refractivity contribution < 1.29 is 9.84 Å². The number of rotatable bonds is 3. The van der Waals surface area contributed by atoms with E-state index in [0.29, 0.717) is 12.4 Å². The van der Waals surface area contributed by atoms with Gasteiger partial charge in [-0.25, -0.2) is 0 Å². The fourth-order valence-corrected chi connectivity index (χ4v) is 2.46. The lowest BCUT2D eigenvalue weighted by Crippen LogP contribution is -1.94. The van der Waals surface area contributed by atoms with Crippen LogP contribution in [0.2, 0.25) is 5.02 Å². The van der Waals surface area contributed by atoms with E-state index in [-0.39, 0.29) is 5.75 Å². The summed E-state index contributed by atoms with van der Waals surface area (Å²) in [4.78, 5) is 0. The quantitative estimate of drug-likeness (QED) is 0.786. The highest BCUT2D eigenvalue weighted by molar-refractivity contribution is 6.31. The second kappa shape index (κ2) is 5.10. The van der Waals surface area contributed by atoms with Crippen LogP contribution in [0.25, 0.3) is 10.9 Å². The molecule has 3 rings (SSSR count). The Morgan fingerprint density at radius 2 is 2.05 bits per heavy atom. The molecule has 0 radical (unpaired) electrons. The lowest BCUT2D eigenvalue weighted by atomic mass is 10.2. The Morgan fingerprint density at radius 3 is 2.85 bits per heavy atom. The average Bonchev–Trinajstić information content (AvgIpc) is 2.73. The molecule has 0 aliphatic rings. The van der Waals surface area contributed by atoms with Gasteiger partial charge < -0.3 is 14.4 Å². The molecule has 20 heavy (non-hydrogen) atoms. The minimum atomic E-state index is 0.201. The average molecular weight is 288 g/mol. The number of fused-ring (bicyclic) bond motifs is 1. The standard InChI is InChI=1S/C16H14ClNO2/c1-18-9-11(15-6-5-12(17)7-16(15)18)10-20-14-4-2-3-13(19)8-14/h2-9,19H,10H2,1H3. The summed E-state index contributed by atoms with van der Waals surface area (Å²) in [6.45, 7) is 0.447. The van der Waals surface area contributed by atoms with Gasteiger partial charge in [-0.05, 0) is 24.3 Å². The minimum Gasteiger partial charge on any atom is -0.508 e. The molecule has 3 nitrogen and oxygen atoms in total. The Morgan fingerprint density at radius 1 is 1.20 bits per heavy atom. The Hall–Kier alpha value is -2.13. The highest BCUT2D eigenvalue weighted by Crippen LogP contribution is 2.26. The third kappa shape index (κ3) is 2.45. The maximum atomic E-state index is 9.42. The highest BCUT2D eigenvalue weighted by atomic mass is 35.5. The van der Waals surface area contributed by atoms with Crippen LogP contribution >= 0.6 is 11.6 Å². The van der Waals surface area contributed by atoms with Crippen LogP contribution < -0.4 is 4.74 Å². The molecular weight excluding hydrogens is 274 g/mol. The Balaban J connectivity index is 1.88. The zero-order valence-corrected chi connectivity index (χ0v) is 11.8. The molecule has 0 bridgehead atoms. The van der Waals surface area contributed by atoms with Crippen molar-refractivity contribution in [2.45, 2.75) is 6.61 Å². The molecule has 0 aliphatic carbocycles. The van der Waals surface area contributed by atoms with Gasteiger partial charge in [-0.2, -0.15) is 0 Å². The Bertz CT molecular complexity index is 764. The summed E-state index contributed by atoms with van der Waals surface area (Å²) >= 11 is 6.02. The molecule has 1 heterocycles. The van der Waals surface area contributed by atoms with Gasteiger partial charge in [0.05, 0.1) is 0 Å². The maximum Gasteiger partial charge on any atom is 0.123 e. The first-order valence-electron chi connectivity index (χ1n) is 6.29. The number of ether oxygens (including phenoxy) is 1. The third-order valence-corrected chi connectivity index (χ3v) is 3.48. The summed E-state index contributed by atoms with van der Waals surface area (Å²) in [7, 11) is 1.98. The summed E-state index contributed by atoms with van der Waals surface area (Å²) in [5, 5.41) is 11.3. The fourth-order valence-electron chi connectivity index (χ4n) is 2.29. The predicted octanol–water partition coefficient (Wildman–Crippen LogP) is 4.12.